The maximum absolute atomic E-state index is 12.9. The van der Waals surface area contributed by atoms with Gasteiger partial charge in [0.25, 0.3) is 0 Å². The molecule has 0 aromatic heterocycles. The molecule has 1 heterocycles. The van der Waals surface area contributed by atoms with E-state index in [1.54, 1.807) is 11.0 Å². The summed E-state index contributed by atoms with van der Waals surface area (Å²) in [7, 11) is -2.34. The van der Waals surface area contributed by atoms with Gasteiger partial charge in [-0.2, -0.15) is 4.31 Å². The van der Waals surface area contributed by atoms with Crippen LogP contribution in [0.4, 0.5) is 0 Å². The van der Waals surface area contributed by atoms with Crippen molar-refractivity contribution in [2.45, 2.75) is 30.7 Å². The zero-order valence-corrected chi connectivity index (χ0v) is 17.2. The fourth-order valence-electron chi connectivity index (χ4n) is 2.81. The van der Waals surface area contributed by atoms with Crippen LogP contribution in [0.15, 0.2) is 23.1 Å². The van der Waals surface area contributed by atoms with E-state index in [-0.39, 0.29) is 42.0 Å². The average molecular weight is 426 g/mol. The number of rotatable bonds is 6. The molecule has 2 rings (SSSR count). The second-order valence-electron chi connectivity index (χ2n) is 5.92. The third-order valence-corrected chi connectivity index (χ3v) is 6.37. The first-order valence-electron chi connectivity index (χ1n) is 8.19. The molecule has 1 aliphatic heterocycles. The summed E-state index contributed by atoms with van der Waals surface area (Å²) in [6.07, 6.45) is 1.45. The van der Waals surface area contributed by atoms with Gasteiger partial charge in [-0.25, -0.2) is 8.42 Å². The van der Waals surface area contributed by atoms with Crippen molar-refractivity contribution >= 4 is 39.9 Å². The molecule has 1 aromatic carbocycles. The van der Waals surface area contributed by atoms with E-state index >= 15 is 0 Å². The monoisotopic (exact) mass is 425 g/mol. The topological polar surface area (TPSA) is 92.9 Å². The van der Waals surface area contributed by atoms with E-state index in [4.69, 9.17) is 22.1 Å². The first-order chi connectivity index (χ1) is 11.8. The standard InChI is InChI=1S/C16H24ClN3O4S.ClH/c1-3-4-13(18)16(21)19-7-9-20(10-8-19)25(22,23)15-11-12(17)5-6-14(15)24-2;/h5-6,11,13H,3-4,7-10,18H2,1-2H3;1H. The van der Waals surface area contributed by atoms with Crippen LogP contribution in [0.25, 0.3) is 0 Å². The van der Waals surface area contributed by atoms with E-state index in [9.17, 15) is 13.2 Å². The molecule has 1 saturated heterocycles. The number of hydrogen-bond acceptors (Lipinski definition) is 5. The molecule has 2 N–H and O–H groups in total. The number of carbonyl (C=O) groups is 1. The van der Waals surface area contributed by atoms with E-state index in [0.29, 0.717) is 24.5 Å². The largest absolute Gasteiger partial charge is 0.495 e. The summed E-state index contributed by atoms with van der Waals surface area (Å²) < 4.78 is 32.3. The van der Waals surface area contributed by atoms with Crippen LogP contribution < -0.4 is 10.5 Å². The minimum absolute atomic E-state index is 0. The number of nitrogens with zero attached hydrogens (tertiary/aromatic N) is 2. The van der Waals surface area contributed by atoms with Gasteiger partial charge in [0.2, 0.25) is 15.9 Å². The van der Waals surface area contributed by atoms with Crippen LogP contribution in [0.2, 0.25) is 5.02 Å². The van der Waals surface area contributed by atoms with Gasteiger partial charge in [0.1, 0.15) is 10.6 Å². The van der Waals surface area contributed by atoms with E-state index in [1.165, 1.54) is 23.5 Å². The highest BCUT2D eigenvalue weighted by Crippen LogP contribution is 2.30. The highest BCUT2D eigenvalue weighted by molar-refractivity contribution is 7.89. The molecule has 26 heavy (non-hydrogen) atoms. The third kappa shape index (κ3) is 5.01. The van der Waals surface area contributed by atoms with Crippen molar-refractivity contribution in [2.24, 2.45) is 5.73 Å². The Hall–Kier alpha value is -1.06. The number of ether oxygens (including phenoxy) is 1. The number of carbonyl (C=O) groups excluding carboxylic acids is 1. The van der Waals surface area contributed by atoms with Crippen molar-refractivity contribution in [3.05, 3.63) is 23.2 Å². The van der Waals surface area contributed by atoms with Crippen molar-refractivity contribution in [3.63, 3.8) is 0 Å². The van der Waals surface area contributed by atoms with Gasteiger partial charge in [0.15, 0.2) is 0 Å². The zero-order valence-electron chi connectivity index (χ0n) is 14.9. The van der Waals surface area contributed by atoms with Crippen molar-refractivity contribution < 1.29 is 17.9 Å². The molecule has 1 fully saturated rings. The Morgan fingerprint density at radius 2 is 1.92 bits per heavy atom. The summed E-state index contributed by atoms with van der Waals surface area (Å²) in [5.41, 5.74) is 5.87. The van der Waals surface area contributed by atoms with E-state index in [0.717, 1.165) is 6.42 Å². The molecule has 0 bridgehead atoms. The molecule has 1 atom stereocenters. The summed E-state index contributed by atoms with van der Waals surface area (Å²) in [6, 6.07) is 3.95. The molecule has 0 radical (unpaired) electrons. The maximum Gasteiger partial charge on any atom is 0.246 e. The van der Waals surface area contributed by atoms with Crippen LogP contribution in [-0.2, 0) is 14.8 Å². The molecule has 0 saturated carbocycles. The number of methoxy groups -OCH3 is 1. The van der Waals surface area contributed by atoms with Crippen molar-refractivity contribution in [1.82, 2.24) is 9.21 Å². The van der Waals surface area contributed by atoms with Gasteiger partial charge in [0, 0.05) is 31.2 Å². The molecular formula is C16H25Cl2N3O4S. The zero-order chi connectivity index (χ0) is 18.6. The summed E-state index contributed by atoms with van der Waals surface area (Å²) in [6.45, 7) is 3.03. The normalized spacial score (nSPS) is 16.7. The molecule has 7 nitrogen and oxygen atoms in total. The number of nitrogens with two attached hydrogens (primary N) is 1. The van der Waals surface area contributed by atoms with Gasteiger partial charge in [-0.05, 0) is 24.6 Å². The summed E-state index contributed by atoms with van der Waals surface area (Å²) in [4.78, 5) is 13.9. The van der Waals surface area contributed by atoms with E-state index < -0.39 is 16.1 Å². The number of hydrogen-bond donors (Lipinski definition) is 1. The minimum Gasteiger partial charge on any atom is -0.495 e. The van der Waals surface area contributed by atoms with Crippen LogP contribution in [-0.4, -0.2) is 62.9 Å². The molecule has 148 valence electrons. The van der Waals surface area contributed by atoms with Gasteiger partial charge in [-0.3, -0.25) is 4.79 Å². The maximum atomic E-state index is 12.9. The Balaban J connectivity index is 0.00000338. The lowest BCUT2D eigenvalue weighted by Crippen LogP contribution is -2.54. The van der Waals surface area contributed by atoms with E-state index in [2.05, 4.69) is 0 Å². The minimum atomic E-state index is -3.75. The Bertz CT molecular complexity index is 722. The Morgan fingerprint density at radius 1 is 1.31 bits per heavy atom. The molecule has 0 spiro atoms. The summed E-state index contributed by atoms with van der Waals surface area (Å²) >= 11 is 5.94. The predicted octanol–water partition coefficient (Wildman–Crippen LogP) is 1.73. The molecule has 1 aliphatic rings. The molecule has 1 aromatic rings. The van der Waals surface area contributed by atoms with E-state index in [1.807, 2.05) is 6.92 Å². The van der Waals surface area contributed by atoms with Crippen LogP contribution in [0.5, 0.6) is 5.75 Å². The summed E-state index contributed by atoms with van der Waals surface area (Å²) in [5, 5.41) is 0.318. The lowest BCUT2D eigenvalue weighted by molar-refractivity contribution is -0.133. The second kappa shape index (κ2) is 9.75. The Morgan fingerprint density at radius 3 is 2.46 bits per heavy atom. The number of piperazine rings is 1. The van der Waals surface area contributed by atoms with Gasteiger partial charge >= 0.3 is 0 Å². The SMILES string of the molecule is CCCC(N)C(=O)N1CCN(S(=O)(=O)c2cc(Cl)ccc2OC)CC1.Cl. The van der Waals surface area contributed by atoms with Crippen molar-refractivity contribution in [2.75, 3.05) is 33.3 Å². The third-order valence-electron chi connectivity index (χ3n) is 4.21. The van der Waals surface area contributed by atoms with Crippen LogP contribution in [0.1, 0.15) is 19.8 Å². The first kappa shape index (κ1) is 23.0. The Kier molecular flexibility index (Phi) is 8.62. The fourth-order valence-corrected chi connectivity index (χ4v) is 4.65. The first-order valence-corrected chi connectivity index (χ1v) is 10.0. The average Bonchev–Trinajstić information content (AvgIpc) is 2.61. The molecule has 10 heteroatoms. The van der Waals surface area contributed by atoms with Gasteiger partial charge in [-0.15, -0.1) is 12.4 Å². The van der Waals surface area contributed by atoms with Crippen LogP contribution >= 0.6 is 24.0 Å². The molecular weight excluding hydrogens is 401 g/mol. The van der Waals surface area contributed by atoms with Crippen LogP contribution in [0, 0.1) is 0 Å². The van der Waals surface area contributed by atoms with Gasteiger partial charge < -0.3 is 15.4 Å². The lowest BCUT2D eigenvalue weighted by Gasteiger charge is -2.35. The number of halogens is 2. The quantitative estimate of drug-likeness (QED) is 0.748. The van der Waals surface area contributed by atoms with Gasteiger partial charge in [0.05, 0.1) is 13.2 Å². The summed E-state index contributed by atoms with van der Waals surface area (Å²) in [5.74, 6) is 0.118. The highest BCUT2D eigenvalue weighted by Gasteiger charge is 2.33. The van der Waals surface area contributed by atoms with Crippen molar-refractivity contribution in [3.8, 4) is 5.75 Å². The highest BCUT2D eigenvalue weighted by atomic mass is 35.5. The number of amides is 1. The smallest absolute Gasteiger partial charge is 0.246 e. The second-order valence-corrected chi connectivity index (χ2v) is 8.26. The predicted molar refractivity (Wildman–Crippen MR) is 103 cm³/mol. The number of benzene rings is 1. The number of sulfonamides is 1. The van der Waals surface area contributed by atoms with Crippen molar-refractivity contribution in [1.29, 1.82) is 0 Å². The Labute approximate surface area is 165 Å². The fraction of sp³-hybridized carbons (Fsp3) is 0.562. The molecule has 0 aliphatic carbocycles. The van der Waals surface area contributed by atoms with Crippen LogP contribution in [0.3, 0.4) is 0 Å². The molecule has 1 unspecified atom stereocenters. The van der Waals surface area contributed by atoms with Gasteiger partial charge in [-0.1, -0.05) is 24.9 Å². The lowest BCUT2D eigenvalue weighted by atomic mass is 10.1. The molecule has 1 amide bonds.